The fourth-order valence-corrected chi connectivity index (χ4v) is 3.75. The first-order valence-electron chi connectivity index (χ1n) is 12.0. The van der Waals surface area contributed by atoms with Crippen molar-refractivity contribution in [2.75, 3.05) is 37.9 Å². The number of aliphatic hydroxyl groups excluding tert-OH is 4. The Morgan fingerprint density at radius 3 is 1.83 bits per heavy atom. The van der Waals surface area contributed by atoms with E-state index in [2.05, 4.69) is 29.9 Å². The second kappa shape index (κ2) is 21.8. The molecule has 224 valence electrons. The summed E-state index contributed by atoms with van der Waals surface area (Å²) in [5.74, 6) is 0.117. The van der Waals surface area contributed by atoms with Gasteiger partial charge < -0.3 is 41.0 Å². The molecule has 2 radical (unpaired) electrons. The van der Waals surface area contributed by atoms with E-state index < -0.39 is 0 Å². The molecule has 0 unspecified atom stereocenters. The van der Waals surface area contributed by atoms with Crippen LogP contribution in [0.1, 0.15) is 40.5 Å². The normalized spacial score (nSPS) is 10.4. The molecule has 4 aromatic heterocycles. The molecule has 0 aliphatic heterocycles. The van der Waals surface area contributed by atoms with Crippen molar-refractivity contribution in [1.29, 1.82) is 0 Å². The number of aromatic nitrogens is 8. The average molecular weight is 1000 g/mol. The zero-order valence-corrected chi connectivity index (χ0v) is 31.1. The van der Waals surface area contributed by atoms with Gasteiger partial charge in [-0.05, 0) is 25.7 Å². The van der Waals surface area contributed by atoms with E-state index in [0.717, 1.165) is 25.8 Å². The van der Waals surface area contributed by atoms with Gasteiger partial charge in [0.15, 0.2) is 16.8 Å². The number of imidazole rings is 2. The van der Waals surface area contributed by atoms with Crippen molar-refractivity contribution in [2.24, 2.45) is 11.8 Å². The number of aromatic amines is 1. The van der Waals surface area contributed by atoms with Gasteiger partial charge in [-0.25, -0.2) is 15.0 Å². The van der Waals surface area contributed by atoms with Crippen molar-refractivity contribution in [3.8, 4) is 0 Å². The maximum atomic E-state index is 11.6. The third kappa shape index (κ3) is 12.4. The number of nitrogen functional groups attached to an aromatic ring is 2. The van der Waals surface area contributed by atoms with Gasteiger partial charge in [0.05, 0.1) is 18.9 Å². The summed E-state index contributed by atoms with van der Waals surface area (Å²) in [6, 6.07) is 0. The molecule has 0 aliphatic rings. The molecule has 0 spiro atoms. The van der Waals surface area contributed by atoms with Crippen molar-refractivity contribution < 1.29 is 109 Å². The first-order valence-corrected chi connectivity index (χ1v) is 12.0. The van der Waals surface area contributed by atoms with E-state index >= 15 is 0 Å². The second-order valence-corrected chi connectivity index (χ2v) is 8.68. The zero-order chi connectivity index (χ0) is 26.8. The molecule has 15 nitrogen and oxygen atoms in total. The van der Waals surface area contributed by atoms with E-state index in [1.54, 1.807) is 23.4 Å². The van der Waals surface area contributed by atoms with Gasteiger partial charge in [0.2, 0.25) is 11.9 Å². The summed E-state index contributed by atoms with van der Waals surface area (Å²) in [4.78, 5) is 34.2. The first-order chi connectivity index (χ1) is 17.9. The van der Waals surface area contributed by atoms with Gasteiger partial charge in [-0.1, -0.05) is 14.9 Å². The van der Waals surface area contributed by atoms with Crippen LogP contribution >= 0.6 is 0 Å². The maximum absolute atomic E-state index is 11.6. The molecule has 0 fully saturated rings. The Kier molecular flexibility index (Phi) is 22.6. The van der Waals surface area contributed by atoms with Crippen LogP contribution < -0.4 is 17.0 Å². The van der Waals surface area contributed by atoms with Gasteiger partial charge in [-0.15, -0.1) is 0 Å². The van der Waals surface area contributed by atoms with Crippen molar-refractivity contribution in [3.05, 3.63) is 29.2 Å². The minimum Gasteiger partial charge on any atom is -0.396 e. The van der Waals surface area contributed by atoms with Crippen LogP contribution in [0.5, 0.6) is 0 Å². The maximum Gasteiger partial charge on any atom is 0.280 e. The molecular weight excluding hydrogens is 962 g/mol. The largest absolute Gasteiger partial charge is 0.396 e. The molecule has 0 saturated heterocycles. The fraction of sp³-hybridized carbons (Fsp3) is 0.583. The van der Waals surface area contributed by atoms with Crippen LogP contribution in [0, 0.1) is 100.0 Å². The first kappa shape index (κ1) is 42.4. The quantitative estimate of drug-likeness (QED) is 0.100. The fourth-order valence-electron chi connectivity index (χ4n) is 3.75. The van der Waals surface area contributed by atoms with Crippen molar-refractivity contribution in [1.82, 2.24) is 39.0 Å². The van der Waals surface area contributed by atoms with Crippen LogP contribution in [0.15, 0.2) is 23.6 Å². The van der Waals surface area contributed by atoms with E-state index in [9.17, 15) is 4.79 Å². The van der Waals surface area contributed by atoms with Gasteiger partial charge in [0.1, 0.15) is 5.52 Å². The smallest absolute Gasteiger partial charge is 0.280 e. The van der Waals surface area contributed by atoms with Crippen LogP contribution in [0.4, 0.5) is 11.9 Å². The topological polar surface area (TPSA) is 240 Å². The Morgan fingerprint density at radius 1 is 0.780 bits per heavy atom. The van der Waals surface area contributed by atoms with E-state index in [0.29, 0.717) is 29.8 Å². The summed E-state index contributed by atoms with van der Waals surface area (Å²) in [6.07, 6.45) is 7.86. The molecule has 0 bridgehead atoms. The number of anilines is 2. The van der Waals surface area contributed by atoms with Crippen LogP contribution in [0.2, 0.25) is 0 Å². The van der Waals surface area contributed by atoms with Gasteiger partial charge in [-0.3, -0.25) is 9.78 Å². The van der Waals surface area contributed by atoms with Crippen LogP contribution in [-0.2, 0) is 13.1 Å². The molecular formula is C24H42Ac2N10O5. The average Bonchev–Trinajstić information content (AvgIpc) is 3.49. The molecule has 4 aromatic rings. The predicted molar refractivity (Wildman–Crippen MR) is 150 cm³/mol. The van der Waals surface area contributed by atoms with Gasteiger partial charge in [0, 0.05) is 139 Å². The standard InChI is InChI=1S/C11H17N5O3.C11H17N5O2.2CH4.2Ac/c12-11-14-9-8(10(19)15-11)13-6-16(9)3-1-2-7(4-17)5-18;12-11-13-4-9-10(15-11)16(7-14-9)3-1-2-8(5-17)6-18;;;;/h6-7,17-18H,1-5H2,(H3,12,14,15,19);4,7-8,17-18H,1-3,5-6H2,(H2,12,13,15);2*1H4;;. The molecule has 0 amide bonds. The van der Waals surface area contributed by atoms with Crippen molar-refractivity contribution in [3.63, 3.8) is 0 Å². The number of aliphatic hydroxyl groups is 4. The molecule has 4 rings (SSSR count). The number of nitrogens with one attached hydrogen (secondary N) is 1. The summed E-state index contributed by atoms with van der Waals surface area (Å²) >= 11 is 0. The summed E-state index contributed by atoms with van der Waals surface area (Å²) in [6.45, 7) is 1.27. The molecule has 0 aromatic carbocycles. The number of nitrogens with zero attached hydrogens (tertiary/aromatic N) is 7. The van der Waals surface area contributed by atoms with Crippen molar-refractivity contribution in [2.45, 2.75) is 53.6 Å². The summed E-state index contributed by atoms with van der Waals surface area (Å²) in [5, 5.41) is 35.9. The number of hydrogen-bond donors (Lipinski definition) is 7. The molecule has 41 heavy (non-hydrogen) atoms. The number of aryl methyl sites for hydroxylation is 2. The van der Waals surface area contributed by atoms with Gasteiger partial charge in [-0.2, -0.15) is 9.97 Å². The van der Waals surface area contributed by atoms with Gasteiger partial charge in [0.25, 0.3) is 5.56 Å². The molecule has 17 heteroatoms. The molecule has 0 saturated carbocycles. The Bertz CT molecular complexity index is 1330. The zero-order valence-electron chi connectivity index (χ0n) is 21.6. The number of hydrogen-bond acceptors (Lipinski definition) is 12. The Balaban J connectivity index is 0. The third-order valence-corrected chi connectivity index (χ3v) is 5.93. The molecule has 4 heterocycles. The van der Waals surface area contributed by atoms with E-state index in [4.69, 9.17) is 31.9 Å². The van der Waals surface area contributed by atoms with E-state index in [-0.39, 0.29) is 164 Å². The molecule has 0 atom stereocenters. The third-order valence-electron chi connectivity index (χ3n) is 5.93. The minimum atomic E-state index is -0.357. The Morgan fingerprint density at radius 2 is 1.29 bits per heavy atom. The summed E-state index contributed by atoms with van der Waals surface area (Å²) in [5.41, 5.74) is 12.8. The second-order valence-electron chi connectivity index (χ2n) is 8.68. The van der Waals surface area contributed by atoms with Crippen LogP contribution in [0.25, 0.3) is 22.3 Å². The monoisotopic (exact) mass is 1000 g/mol. The molecule has 9 N–H and O–H groups in total. The Labute approximate surface area is 310 Å². The van der Waals surface area contributed by atoms with E-state index in [1.165, 1.54) is 0 Å². The number of nitrogens with two attached hydrogens (primary N) is 2. The van der Waals surface area contributed by atoms with Gasteiger partial charge >= 0.3 is 0 Å². The summed E-state index contributed by atoms with van der Waals surface area (Å²) in [7, 11) is 0. The minimum absolute atomic E-state index is 0. The van der Waals surface area contributed by atoms with Crippen molar-refractivity contribution >= 4 is 34.2 Å². The van der Waals surface area contributed by atoms with Crippen LogP contribution in [-0.4, -0.2) is 85.9 Å². The number of fused-ring (bicyclic) bond motifs is 2. The van der Waals surface area contributed by atoms with Crippen LogP contribution in [0.3, 0.4) is 0 Å². The predicted octanol–water partition coefficient (Wildman–Crippen LogP) is 0.145. The van der Waals surface area contributed by atoms with E-state index in [1.807, 2.05) is 4.57 Å². The summed E-state index contributed by atoms with van der Waals surface area (Å²) < 4.78 is 3.64. The molecule has 0 aliphatic carbocycles. The number of rotatable bonds is 12. The Hall–Kier alpha value is -0.777. The number of H-pyrrole nitrogens is 1. The SMILES string of the molecule is C.C.Nc1nc2c(ncn2CCCC(CO)CO)c(=O)[nH]1.Nc1ncc2ncn(CCCC(CO)CO)c2n1.[Ac].[Ac].